The summed E-state index contributed by atoms with van der Waals surface area (Å²) in [5.74, 6) is 0.711. The highest BCUT2D eigenvalue weighted by molar-refractivity contribution is 5.64. The Kier molecular flexibility index (Phi) is 5.58. The predicted molar refractivity (Wildman–Crippen MR) is 92.5 cm³/mol. The van der Waals surface area contributed by atoms with E-state index in [1.807, 2.05) is 7.05 Å². The van der Waals surface area contributed by atoms with Gasteiger partial charge in [0, 0.05) is 6.04 Å². The third kappa shape index (κ3) is 4.18. The van der Waals surface area contributed by atoms with Gasteiger partial charge in [0.2, 0.25) is 0 Å². The van der Waals surface area contributed by atoms with Gasteiger partial charge in [-0.15, -0.1) is 0 Å². The van der Waals surface area contributed by atoms with Crippen molar-refractivity contribution in [3.63, 3.8) is 0 Å². The summed E-state index contributed by atoms with van der Waals surface area (Å²) in [5, 5.41) is 3.35. The first kappa shape index (κ1) is 15.8. The van der Waals surface area contributed by atoms with Crippen molar-refractivity contribution >= 4 is 0 Å². The largest absolute Gasteiger partial charge is 0.313 e. The molecule has 2 aromatic carbocycles. The molecular weight excluding hydrogens is 254 g/mol. The Balaban J connectivity index is 2.15. The van der Waals surface area contributed by atoms with Gasteiger partial charge in [-0.05, 0) is 48.1 Å². The summed E-state index contributed by atoms with van der Waals surface area (Å²) in [6.45, 7) is 6.74. The van der Waals surface area contributed by atoms with Crippen molar-refractivity contribution in [2.45, 2.75) is 39.7 Å². The summed E-state index contributed by atoms with van der Waals surface area (Å²) >= 11 is 0. The summed E-state index contributed by atoms with van der Waals surface area (Å²) in [5.41, 5.74) is 5.37. The van der Waals surface area contributed by atoms with Gasteiger partial charge < -0.3 is 5.32 Å². The summed E-state index contributed by atoms with van der Waals surface area (Å²) in [4.78, 5) is 0. The van der Waals surface area contributed by atoms with Crippen LogP contribution in [-0.4, -0.2) is 7.05 Å². The average Bonchev–Trinajstić information content (AvgIpc) is 2.49. The van der Waals surface area contributed by atoms with Gasteiger partial charge in [0.1, 0.15) is 0 Å². The van der Waals surface area contributed by atoms with Crippen molar-refractivity contribution in [3.05, 3.63) is 59.7 Å². The molecular formula is C20H27N. The second-order valence-corrected chi connectivity index (χ2v) is 6.17. The molecule has 0 heterocycles. The minimum Gasteiger partial charge on any atom is -0.313 e. The Labute approximate surface area is 129 Å². The first-order valence-corrected chi connectivity index (χ1v) is 8.00. The lowest BCUT2D eigenvalue weighted by Gasteiger charge is -2.14. The Bertz CT molecular complexity index is 533. The molecule has 0 amide bonds. The Morgan fingerprint density at radius 2 is 1.38 bits per heavy atom. The van der Waals surface area contributed by atoms with Crippen LogP contribution >= 0.6 is 0 Å². The predicted octanol–water partition coefficient (Wildman–Crippen LogP) is 5.22. The molecule has 112 valence electrons. The fourth-order valence-corrected chi connectivity index (χ4v) is 2.82. The summed E-state index contributed by atoms with van der Waals surface area (Å²) in [6, 6.07) is 18.4. The van der Waals surface area contributed by atoms with E-state index >= 15 is 0 Å². The maximum atomic E-state index is 3.35. The van der Waals surface area contributed by atoms with Crippen LogP contribution in [0, 0.1) is 5.92 Å². The highest BCUT2D eigenvalue weighted by atomic mass is 14.9. The van der Waals surface area contributed by atoms with Crippen molar-refractivity contribution in [1.82, 2.24) is 5.32 Å². The normalized spacial score (nSPS) is 12.6. The van der Waals surface area contributed by atoms with Crippen molar-refractivity contribution in [3.8, 4) is 11.1 Å². The lowest BCUT2D eigenvalue weighted by molar-refractivity contribution is 0.577. The SMILES string of the molecule is CCC(NC)c1ccc(-c2ccc(CC(C)C)cc2)cc1. The Morgan fingerprint density at radius 3 is 1.81 bits per heavy atom. The molecule has 0 saturated carbocycles. The topological polar surface area (TPSA) is 12.0 Å². The van der Waals surface area contributed by atoms with Gasteiger partial charge in [0.05, 0.1) is 0 Å². The highest BCUT2D eigenvalue weighted by Gasteiger charge is 2.06. The molecule has 2 aromatic rings. The third-order valence-corrected chi connectivity index (χ3v) is 4.00. The highest BCUT2D eigenvalue weighted by Crippen LogP contribution is 2.24. The maximum absolute atomic E-state index is 3.35. The molecule has 0 fully saturated rings. The molecule has 2 rings (SSSR count). The summed E-state index contributed by atoms with van der Waals surface area (Å²) in [7, 11) is 2.02. The Morgan fingerprint density at radius 1 is 0.857 bits per heavy atom. The van der Waals surface area contributed by atoms with Crippen molar-refractivity contribution in [2.75, 3.05) is 7.05 Å². The van der Waals surface area contributed by atoms with Crippen LogP contribution < -0.4 is 5.32 Å². The molecule has 0 aromatic heterocycles. The number of benzene rings is 2. The quantitative estimate of drug-likeness (QED) is 0.765. The van der Waals surface area contributed by atoms with Crippen LogP contribution in [0.2, 0.25) is 0 Å². The summed E-state index contributed by atoms with van der Waals surface area (Å²) < 4.78 is 0. The van der Waals surface area contributed by atoms with E-state index in [1.165, 1.54) is 22.3 Å². The zero-order valence-electron chi connectivity index (χ0n) is 13.7. The molecule has 0 radical (unpaired) electrons. The molecule has 1 heteroatoms. The first-order valence-electron chi connectivity index (χ1n) is 8.00. The average molecular weight is 281 g/mol. The van der Waals surface area contributed by atoms with E-state index in [0.717, 1.165) is 12.8 Å². The van der Waals surface area contributed by atoms with E-state index in [2.05, 4.69) is 74.6 Å². The standard InChI is InChI=1S/C20H27N/c1-5-20(21-4)19-12-10-18(11-13-19)17-8-6-16(7-9-17)14-15(2)3/h6-13,15,20-21H,5,14H2,1-4H3. The molecule has 0 aliphatic heterocycles. The van der Waals surface area contributed by atoms with Crippen molar-refractivity contribution < 1.29 is 0 Å². The van der Waals surface area contributed by atoms with E-state index in [-0.39, 0.29) is 0 Å². The molecule has 0 aliphatic rings. The van der Waals surface area contributed by atoms with Crippen LogP contribution in [0.3, 0.4) is 0 Å². The van der Waals surface area contributed by atoms with Gasteiger partial charge in [-0.1, -0.05) is 69.3 Å². The molecule has 0 spiro atoms. The second kappa shape index (κ2) is 7.42. The smallest absolute Gasteiger partial charge is 0.0314 e. The van der Waals surface area contributed by atoms with E-state index in [0.29, 0.717) is 12.0 Å². The maximum Gasteiger partial charge on any atom is 0.0314 e. The summed E-state index contributed by atoms with van der Waals surface area (Å²) in [6.07, 6.45) is 2.26. The number of hydrogen-bond donors (Lipinski definition) is 1. The molecule has 0 saturated heterocycles. The fraction of sp³-hybridized carbons (Fsp3) is 0.400. The molecule has 0 aliphatic carbocycles. The van der Waals surface area contributed by atoms with Gasteiger partial charge in [-0.2, -0.15) is 0 Å². The first-order chi connectivity index (χ1) is 10.1. The van der Waals surface area contributed by atoms with Crippen LogP contribution in [0.4, 0.5) is 0 Å². The van der Waals surface area contributed by atoms with E-state index in [4.69, 9.17) is 0 Å². The number of rotatable bonds is 6. The van der Waals surface area contributed by atoms with Gasteiger partial charge >= 0.3 is 0 Å². The van der Waals surface area contributed by atoms with Crippen LogP contribution in [0.15, 0.2) is 48.5 Å². The van der Waals surface area contributed by atoms with Crippen LogP contribution in [-0.2, 0) is 6.42 Å². The molecule has 0 bridgehead atoms. The second-order valence-electron chi connectivity index (χ2n) is 6.17. The van der Waals surface area contributed by atoms with E-state index < -0.39 is 0 Å². The van der Waals surface area contributed by atoms with Gasteiger partial charge in [0.15, 0.2) is 0 Å². The minimum atomic E-state index is 0.451. The molecule has 1 unspecified atom stereocenters. The molecule has 1 N–H and O–H groups in total. The van der Waals surface area contributed by atoms with Crippen LogP contribution in [0.1, 0.15) is 44.4 Å². The van der Waals surface area contributed by atoms with E-state index in [1.54, 1.807) is 0 Å². The third-order valence-electron chi connectivity index (χ3n) is 4.00. The number of hydrogen-bond acceptors (Lipinski definition) is 1. The fourth-order valence-electron chi connectivity index (χ4n) is 2.82. The van der Waals surface area contributed by atoms with Crippen molar-refractivity contribution in [2.24, 2.45) is 5.92 Å². The molecule has 1 nitrogen and oxygen atoms in total. The Hall–Kier alpha value is -1.60. The monoisotopic (exact) mass is 281 g/mol. The van der Waals surface area contributed by atoms with E-state index in [9.17, 15) is 0 Å². The minimum absolute atomic E-state index is 0.451. The van der Waals surface area contributed by atoms with Gasteiger partial charge in [-0.25, -0.2) is 0 Å². The molecule has 1 atom stereocenters. The molecule has 21 heavy (non-hydrogen) atoms. The zero-order valence-corrected chi connectivity index (χ0v) is 13.7. The van der Waals surface area contributed by atoms with Crippen LogP contribution in [0.25, 0.3) is 11.1 Å². The lowest BCUT2D eigenvalue weighted by atomic mass is 9.97. The number of nitrogens with one attached hydrogen (secondary N) is 1. The van der Waals surface area contributed by atoms with Gasteiger partial charge in [-0.3, -0.25) is 0 Å². The zero-order chi connectivity index (χ0) is 15.2. The van der Waals surface area contributed by atoms with Crippen LogP contribution in [0.5, 0.6) is 0 Å². The van der Waals surface area contributed by atoms with Gasteiger partial charge in [0.25, 0.3) is 0 Å². The lowest BCUT2D eigenvalue weighted by Crippen LogP contribution is -2.14. The van der Waals surface area contributed by atoms with Crippen molar-refractivity contribution in [1.29, 1.82) is 0 Å².